The molecule has 1 atom stereocenters. The highest BCUT2D eigenvalue weighted by Gasteiger charge is 2.39. The standard InChI is InChI=1S/C29H28O10S2/c1-16(30)36-20-13-21(29(10-11-40-41-29)9-5-4-6-27(34)35)28-22(33)15-24(39-26(28)14-20)19-7-8-23(37-17(2)31)25(12-19)38-18(3)32/h7-8,12-15H,4-6,9-11H2,1-3H3,(H,34,35). The average molecular weight is 601 g/mol. The molecule has 1 aliphatic rings. The molecule has 1 fully saturated rings. The highest BCUT2D eigenvalue weighted by Crippen LogP contribution is 2.57. The van der Waals surface area contributed by atoms with Gasteiger partial charge >= 0.3 is 23.9 Å². The number of carbonyl (C=O) groups is 4. The largest absolute Gasteiger partial charge is 0.481 e. The zero-order valence-electron chi connectivity index (χ0n) is 22.6. The summed E-state index contributed by atoms with van der Waals surface area (Å²) >= 11 is 0. The highest BCUT2D eigenvalue weighted by molar-refractivity contribution is 8.77. The third kappa shape index (κ3) is 7.31. The molecule has 0 saturated carbocycles. The lowest BCUT2D eigenvalue weighted by Gasteiger charge is -2.29. The van der Waals surface area contributed by atoms with Gasteiger partial charge in [0.15, 0.2) is 16.9 Å². The number of carboxylic acids is 1. The first-order chi connectivity index (χ1) is 19.5. The quantitative estimate of drug-likeness (QED) is 0.129. The van der Waals surface area contributed by atoms with E-state index in [0.717, 1.165) is 12.2 Å². The second kappa shape index (κ2) is 12.8. The van der Waals surface area contributed by atoms with E-state index in [2.05, 4.69) is 0 Å². The number of unbranched alkanes of at least 4 members (excludes halogenated alkanes) is 1. The van der Waals surface area contributed by atoms with Crippen LogP contribution in [-0.2, 0) is 23.9 Å². The van der Waals surface area contributed by atoms with Gasteiger partial charge < -0.3 is 23.7 Å². The summed E-state index contributed by atoms with van der Waals surface area (Å²) in [4.78, 5) is 59.8. The van der Waals surface area contributed by atoms with E-state index in [4.69, 9.17) is 23.7 Å². The van der Waals surface area contributed by atoms with Crippen LogP contribution < -0.4 is 19.6 Å². The molecular weight excluding hydrogens is 572 g/mol. The van der Waals surface area contributed by atoms with Crippen molar-refractivity contribution in [2.24, 2.45) is 0 Å². The molecule has 10 nitrogen and oxygen atoms in total. The van der Waals surface area contributed by atoms with Crippen LogP contribution in [0.3, 0.4) is 0 Å². The van der Waals surface area contributed by atoms with Crippen molar-refractivity contribution in [3.8, 4) is 28.6 Å². The summed E-state index contributed by atoms with van der Waals surface area (Å²) in [6.07, 6.45) is 2.55. The summed E-state index contributed by atoms with van der Waals surface area (Å²) in [5.41, 5.74) is 0.917. The molecule has 1 aliphatic heterocycles. The summed E-state index contributed by atoms with van der Waals surface area (Å²) in [5, 5.41) is 9.40. The molecule has 1 N–H and O–H groups in total. The molecule has 2 heterocycles. The van der Waals surface area contributed by atoms with Gasteiger partial charge in [0, 0.05) is 50.6 Å². The molecule has 4 rings (SSSR count). The van der Waals surface area contributed by atoms with Crippen LogP contribution in [0, 0.1) is 0 Å². The summed E-state index contributed by atoms with van der Waals surface area (Å²) in [6, 6.07) is 8.92. The van der Waals surface area contributed by atoms with Crippen LogP contribution in [0.2, 0.25) is 0 Å². The second-order valence-corrected chi connectivity index (χ2v) is 12.3. The summed E-state index contributed by atoms with van der Waals surface area (Å²) < 4.78 is 21.5. The van der Waals surface area contributed by atoms with Gasteiger partial charge in [-0.2, -0.15) is 0 Å². The number of aliphatic carboxylic acids is 1. The lowest BCUT2D eigenvalue weighted by atomic mass is 9.87. The third-order valence-corrected chi connectivity index (χ3v) is 9.57. The zero-order chi connectivity index (χ0) is 29.7. The second-order valence-electron chi connectivity index (χ2n) is 9.51. The Morgan fingerprint density at radius 1 is 0.927 bits per heavy atom. The van der Waals surface area contributed by atoms with E-state index < -0.39 is 28.6 Å². The molecule has 216 valence electrons. The van der Waals surface area contributed by atoms with Crippen molar-refractivity contribution in [3.63, 3.8) is 0 Å². The van der Waals surface area contributed by atoms with Gasteiger partial charge in [0.2, 0.25) is 0 Å². The van der Waals surface area contributed by atoms with E-state index in [9.17, 15) is 24.0 Å². The van der Waals surface area contributed by atoms with Gasteiger partial charge in [0.05, 0.1) is 10.1 Å². The van der Waals surface area contributed by atoms with E-state index in [1.807, 2.05) is 0 Å². The first kappa shape index (κ1) is 30.2. The van der Waals surface area contributed by atoms with Crippen molar-refractivity contribution in [1.82, 2.24) is 0 Å². The maximum atomic E-state index is 13.7. The number of carbonyl (C=O) groups excluding carboxylic acids is 3. The van der Waals surface area contributed by atoms with Crippen LogP contribution in [0.15, 0.2) is 45.6 Å². The van der Waals surface area contributed by atoms with Crippen LogP contribution >= 0.6 is 21.6 Å². The number of hydrogen-bond donors (Lipinski definition) is 1. The minimum absolute atomic E-state index is 0.0259. The van der Waals surface area contributed by atoms with Crippen molar-refractivity contribution in [2.75, 3.05) is 5.75 Å². The number of hydrogen-bond acceptors (Lipinski definition) is 11. The minimum Gasteiger partial charge on any atom is -0.481 e. The fraction of sp³-hybridized carbons (Fsp3) is 0.345. The van der Waals surface area contributed by atoms with Crippen LogP contribution in [0.4, 0.5) is 0 Å². The topological polar surface area (TPSA) is 146 Å². The molecule has 2 aromatic carbocycles. The maximum absolute atomic E-state index is 13.7. The molecule has 1 saturated heterocycles. The Kier molecular flexibility index (Phi) is 9.44. The van der Waals surface area contributed by atoms with Crippen LogP contribution in [0.25, 0.3) is 22.3 Å². The van der Waals surface area contributed by atoms with E-state index in [-0.39, 0.29) is 40.4 Å². The van der Waals surface area contributed by atoms with Crippen molar-refractivity contribution in [1.29, 1.82) is 0 Å². The number of benzene rings is 2. The molecule has 0 amide bonds. The average Bonchev–Trinajstić information content (AvgIpc) is 3.36. The zero-order valence-corrected chi connectivity index (χ0v) is 24.3. The molecule has 0 spiro atoms. The molecule has 41 heavy (non-hydrogen) atoms. The Hall–Kier alpha value is -3.77. The Bertz CT molecular complexity index is 1570. The van der Waals surface area contributed by atoms with Gasteiger partial charge in [-0.15, -0.1) is 0 Å². The molecule has 3 aromatic rings. The van der Waals surface area contributed by atoms with E-state index in [1.54, 1.807) is 33.7 Å². The predicted molar refractivity (Wildman–Crippen MR) is 154 cm³/mol. The van der Waals surface area contributed by atoms with Crippen LogP contribution in [-0.4, -0.2) is 34.7 Å². The highest BCUT2D eigenvalue weighted by atomic mass is 33.1. The summed E-state index contributed by atoms with van der Waals surface area (Å²) in [6.45, 7) is 3.70. The monoisotopic (exact) mass is 600 g/mol. The predicted octanol–water partition coefficient (Wildman–Crippen LogP) is 5.86. The Labute approximate surface area is 243 Å². The summed E-state index contributed by atoms with van der Waals surface area (Å²) in [7, 11) is 3.29. The van der Waals surface area contributed by atoms with Crippen molar-refractivity contribution >= 4 is 56.4 Å². The Morgan fingerprint density at radius 2 is 1.63 bits per heavy atom. The molecule has 0 radical (unpaired) electrons. The van der Waals surface area contributed by atoms with Gasteiger partial charge in [-0.25, -0.2) is 0 Å². The van der Waals surface area contributed by atoms with E-state index in [0.29, 0.717) is 35.8 Å². The normalized spacial score (nSPS) is 16.4. The fourth-order valence-electron chi connectivity index (χ4n) is 4.70. The minimum atomic E-state index is -0.860. The molecule has 1 unspecified atom stereocenters. The number of carboxylic acid groups (broad SMARTS) is 1. The summed E-state index contributed by atoms with van der Waals surface area (Å²) in [5.74, 6) is -1.43. The fourth-order valence-corrected chi connectivity index (χ4v) is 8.18. The number of esters is 3. The first-order valence-corrected chi connectivity index (χ1v) is 15.1. The molecule has 1 aromatic heterocycles. The van der Waals surface area contributed by atoms with E-state index in [1.165, 1.54) is 45.0 Å². The lowest BCUT2D eigenvalue weighted by molar-refractivity contribution is -0.137. The number of rotatable bonds is 10. The van der Waals surface area contributed by atoms with Crippen LogP contribution in [0.5, 0.6) is 17.2 Å². The molecule has 0 aliphatic carbocycles. The van der Waals surface area contributed by atoms with Crippen molar-refractivity contribution in [2.45, 2.75) is 57.6 Å². The number of fused-ring (bicyclic) bond motifs is 1. The Morgan fingerprint density at radius 3 is 2.27 bits per heavy atom. The molecule has 0 bridgehead atoms. The third-order valence-electron chi connectivity index (χ3n) is 6.32. The van der Waals surface area contributed by atoms with Gasteiger partial charge in [-0.1, -0.05) is 28.0 Å². The lowest BCUT2D eigenvalue weighted by Crippen LogP contribution is -2.22. The van der Waals surface area contributed by atoms with Gasteiger partial charge in [-0.3, -0.25) is 24.0 Å². The molecule has 12 heteroatoms. The maximum Gasteiger partial charge on any atom is 0.308 e. The smallest absolute Gasteiger partial charge is 0.308 e. The van der Waals surface area contributed by atoms with Gasteiger partial charge in [0.25, 0.3) is 0 Å². The van der Waals surface area contributed by atoms with Gasteiger partial charge in [-0.05, 0) is 49.1 Å². The van der Waals surface area contributed by atoms with Crippen LogP contribution in [0.1, 0.15) is 58.4 Å². The van der Waals surface area contributed by atoms with E-state index >= 15 is 0 Å². The van der Waals surface area contributed by atoms with Crippen molar-refractivity contribution < 1.29 is 42.9 Å². The first-order valence-electron chi connectivity index (χ1n) is 12.8. The van der Waals surface area contributed by atoms with Gasteiger partial charge in [0.1, 0.15) is 17.1 Å². The SMILES string of the molecule is CC(=O)Oc1cc(C2(CCCCC(=O)O)CCSS2)c2c(=O)cc(-c3ccc(OC(C)=O)c(OC(C)=O)c3)oc2c1. The Balaban J connectivity index is 1.85. The van der Waals surface area contributed by atoms with Crippen molar-refractivity contribution in [3.05, 3.63) is 52.2 Å². The molecular formula is C29H28O10S2. The number of ether oxygens (including phenoxy) is 3.